The summed E-state index contributed by atoms with van der Waals surface area (Å²) in [6.07, 6.45) is 4.31. The number of ether oxygens (including phenoxy) is 1. The van der Waals surface area contributed by atoms with Crippen molar-refractivity contribution in [3.63, 3.8) is 0 Å². The summed E-state index contributed by atoms with van der Waals surface area (Å²) in [7, 11) is 0. The van der Waals surface area contributed by atoms with E-state index in [1.807, 2.05) is 35.4 Å². The molecular formula is C26H30N4O2S. The fourth-order valence-electron chi connectivity index (χ4n) is 4.55. The molecule has 0 radical (unpaired) electrons. The lowest BCUT2D eigenvalue weighted by atomic mass is 10.1. The number of amides is 1. The zero-order chi connectivity index (χ0) is 22.5. The molecule has 3 heterocycles. The highest BCUT2D eigenvalue weighted by Gasteiger charge is 2.24. The molecule has 1 aromatic heterocycles. The van der Waals surface area contributed by atoms with Gasteiger partial charge >= 0.3 is 0 Å². The van der Waals surface area contributed by atoms with Crippen LogP contribution < -0.4 is 4.90 Å². The van der Waals surface area contributed by atoms with Crippen molar-refractivity contribution in [1.29, 1.82) is 0 Å². The SMILES string of the molecule is O=C(CSc1ncc(-c2ccccc2)n1C[C@@H]1CCCO1)N1CCN(c2ccccc2)CC1. The molecule has 172 valence electrons. The quantitative estimate of drug-likeness (QED) is 0.493. The number of hydrogen-bond acceptors (Lipinski definition) is 5. The molecule has 1 amide bonds. The van der Waals surface area contributed by atoms with Crippen LogP contribution >= 0.6 is 11.8 Å². The Kier molecular flexibility index (Phi) is 6.98. The van der Waals surface area contributed by atoms with Crippen LogP contribution in [-0.2, 0) is 16.1 Å². The number of imidazole rings is 1. The summed E-state index contributed by atoms with van der Waals surface area (Å²) >= 11 is 1.54. The predicted molar refractivity (Wildman–Crippen MR) is 133 cm³/mol. The van der Waals surface area contributed by atoms with Crippen LogP contribution in [0.15, 0.2) is 72.0 Å². The Hall–Kier alpha value is -2.77. The molecule has 2 aliphatic rings. The van der Waals surface area contributed by atoms with Crippen LogP contribution in [0.1, 0.15) is 12.8 Å². The highest BCUT2D eigenvalue weighted by molar-refractivity contribution is 7.99. The maximum absolute atomic E-state index is 13.0. The van der Waals surface area contributed by atoms with Crippen LogP contribution in [0.5, 0.6) is 0 Å². The van der Waals surface area contributed by atoms with Crippen molar-refractivity contribution in [2.75, 3.05) is 43.4 Å². The zero-order valence-electron chi connectivity index (χ0n) is 18.8. The molecule has 1 atom stereocenters. The summed E-state index contributed by atoms with van der Waals surface area (Å²) in [5.41, 5.74) is 3.44. The Bertz CT molecular complexity index is 1040. The number of benzene rings is 2. The Labute approximate surface area is 199 Å². The van der Waals surface area contributed by atoms with Gasteiger partial charge < -0.3 is 19.1 Å². The van der Waals surface area contributed by atoms with Crippen molar-refractivity contribution in [2.45, 2.75) is 30.6 Å². The maximum atomic E-state index is 13.0. The van der Waals surface area contributed by atoms with E-state index < -0.39 is 0 Å². The molecule has 5 rings (SSSR count). The third-order valence-electron chi connectivity index (χ3n) is 6.38. The number of aromatic nitrogens is 2. The first-order valence-corrected chi connectivity index (χ1v) is 12.7. The second kappa shape index (κ2) is 10.4. The first-order valence-electron chi connectivity index (χ1n) is 11.7. The van der Waals surface area contributed by atoms with Crippen molar-refractivity contribution < 1.29 is 9.53 Å². The van der Waals surface area contributed by atoms with Crippen LogP contribution in [0.3, 0.4) is 0 Å². The molecule has 0 N–H and O–H groups in total. The number of hydrogen-bond donors (Lipinski definition) is 0. The first-order chi connectivity index (χ1) is 16.3. The Morgan fingerprint density at radius 1 is 1.00 bits per heavy atom. The van der Waals surface area contributed by atoms with E-state index in [2.05, 4.69) is 45.9 Å². The van der Waals surface area contributed by atoms with Crippen LogP contribution in [0.4, 0.5) is 5.69 Å². The summed E-state index contributed by atoms with van der Waals surface area (Å²) in [4.78, 5) is 22.0. The van der Waals surface area contributed by atoms with Gasteiger partial charge in [0.25, 0.3) is 0 Å². The summed E-state index contributed by atoms with van der Waals surface area (Å²) in [5.74, 6) is 0.586. The molecule has 2 saturated heterocycles. The summed E-state index contributed by atoms with van der Waals surface area (Å²) < 4.78 is 8.13. The lowest BCUT2D eigenvalue weighted by molar-refractivity contribution is -0.128. The van der Waals surface area contributed by atoms with Gasteiger partial charge in [-0.1, -0.05) is 60.3 Å². The highest BCUT2D eigenvalue weighted by atomic mass is 32.2. The van der Waals surface area contributed by atoms with Gasteiger partial charge in [-0.2, -0.15) is 0 Å². The summed E-state index contributed by atoms with van der Waals surface area (Å²) in [6, 6.07) is 20.7. The van der Waals surface area contributed by atoms with Crippen molar-refractivity contribution in [2.24, 2.45) is 0 Å². The third kappa shape index (κ3) is 5.25. The van der Waals surface area contributed by atoms with Crippen LogP contribution in [0.25, 0.3) is 11.3 Å². The maximum Gasteiger partial charge on any atom is 0.233 e. The average molecular weight is 463 g/mol. The van der Waals surface area contributed by atoms with Crippen molar-refractivity contribution in [1.82, 2.24) is 14.5 Å². The second-order valence-electron chi connectivity index (χ2n) is 8.53. The predicted octanol–water partition coefficient (Wildman–Crippen LogP) is 4.17. The van der Waals surface area contributed by atoms with Gasteiger partial charge in [0.2, 0.25) is 5.91 Å². The Morgan fingerprint density at radius 3 is 2.42 bits per heavy atom. The van der Waals surface area contributed by atoms with Crippen molar-refractivity contribution in [3.05, 3.63) is 66.9 Å². The molecular weight excluding hydrogens is 432 g/mol. The topological polar surface area (TPSA) is 50.6 Å². The molecule has 0 aliphatic carbocycles. The number of para-hydroxylation sites is 1. The van der Waals surface area contributed by atoms with Gasteiger partial charge in [-0.05, 0) is 30.5 Å². The lowest BCUT2D eigenvalue weighted by Gasteiger charge is -2.36. The molecule has 33 heavy (non-hydrogen) atoms. The second-order valence-corrected chi connectivity index (χ2v) is 9.47. The van der Waals surface area contributed by atoms with Crippen LogP contribution in [0.2, 0.25) is 0 Å². The molecule has 0 bridgehead atoms. The van der Waals surface area contributed by atoms with E-state index in [1.54, 1.807) is 0 Å². The molecule has 2 fully saturated rings. The summed E-state index contributed by atoms with van der Waals surface area (Å²) in [6.45, 7) is 4.85. The fraction of sp³-hybridized carbons (Fsp3) is 0.385. The molecule has 0 saturated carbocycles. The van der Waals surface area contributed by atoms with E-state index in [4.69, 9.17) is 9.72 Å². The molecule has 3 aromatic rings. The number of carbonyl (C=O) groups is 1. The number of anilines is 1. The van der Waals surface area contributed by atoms with E-state index in [9.17, 15) is 4.79 Å². The molecule has 2 aliphatic heterocycles. The number of nitrogens with zero attached hydrogens (tertiary/aromatic N) is 4. The largest absolute Gasteiger partial charge is 0.376 e. The van der Waals surface area contributed by atoms with Gasteiger partial charge in [-0.3, -0.25) is 4.79 Å². The van der Waals surface area contributed by atoms with E-state index >= 15 is 0 Å². The van der Waals surface area contributed by atoms with E-state index in [0.717, 1.165) is 68.6 Å². The van der Waals surface area contributed by atoms with Gasteiger partial charge in [-0.25, -0.2) is 4.98 Å². The van der Waals surface area contributed by atoms with Gasteiger partial charge in [0.05, 0.1) is 30.3 Å². The van der Waals surface area contributed by atoms with E-state index in [-0.39, 0.29) is 12.0 Å². The van der Waals surface area contributed by atoms with Gasteiger partial charge in [-0.15, -0.1) is 0 Å². The third-order valence-corrected chi connectivity index (χ3v) is 7.35. The van der Waals surface area contributed by atoms with Gasteiger partial charge in [0.15, 0.2) is 5.16 Å². The van der Waals surface area contributed by atoms with Crippen LogP contribution in [0, 0.1) is 0 Å². The summed E-state index contributed by atoms with van der Waals surface area (Å²) in [5, 5.41) is 0.889. The van der Waals surface area contributed by atoms with Gasteiger partial charge in [0.1, 0.15) is 0 Å². The Balaban J connectivity index is 1.23. The monoisotopic (exact) mass is 462 g/mol. The van der Waals surface area contributed by atoms with Crippen LogP contribution in [-0.4, -0.2) is 65.0 Å². The molecule has 7 heteroatoms. The lowest BCUT2D eigenvalue weighted by Crippen LogP contribution is -2.49. The standard InChI is InChI=1S/C26H30N4O2S/c31-25(29-15-13-28(14-16-29)22-10-5-2-6-11-22)20-33-26-27-18-24(21-8-3-1-4-9-21)30(26)19-23-12-7-17-32-23/h1-6,8-11,18,23H,7,12-17,19-20H2/t23-/m0/s1. The zero-order valence-corrected chi connectivity index (χ0v) is 19.6. The minimum absolute atomic E-state index is 0.181. The molecule has 6 nitrogen and oxygen atoms in total. The first kappa shape index (κ1) is 22.0. The smallest absolute Gasteiger partial charge is 0.233 e. The molecule has 0 unspecified atom stereocenters. The minimum Gasteiger partial charge on any atom is -0.376 e. The number of thioether (sulfide) groups is 1. The average Bonchev–Trinajstić information content (AvgIpc) is 3.54. The number of rotatable bonds is 7. The molecule has 0 spiro atoms. The highest BCUT2D eigenvalue weighted by Crippen LogP contribution is 2.28. The fourth-order valence-corrected chi connectivity index (χ4v) is 5.44. The van der Waals surface area contributed by atoms with Gasteiger partial charge in [0, 0.05) is 38.5 Å². The minimum atomic E-state index is 0.181. The molecule has 2 aromatic carbocycles. The van der Waals surface area contributed by atoms with Crippen molar-refractivity contribution in [3.8, 4) is 11.3 Å². The Morgan fingerprint density at radius 2 is 1.73 bits per heavy atom. The number of piperazine rings is 1. The number of carbonyl (C=O) groups excluding carboxylic acids is 1. The van der Waals surface area contributed by atoms with Crippen molar-refractivity contribution >= 4 is 23.4 Å². The van der Waals surface area contributed by atoms with E-state index in [0.29, 0.717) is 5.75 Å². The normalized spacial score (nSPS) is 18.6. The van der Waals surface area contributed by atoms with E-state index in [1.165, 1.54) is 17.4 Å².